The normalized spacial score (nSPS) is 16.7. The molecule has 0 saturated carbocycles. The molecule has 0 fully saturated rings. The van der Waals surface area contributed by atoms with Crippen LogP contribution in [0.5, 0.6) is 0 Å². The van der Waals surface area contributed by atoms with Gasteiger partial charge in [-0.05, 0) is 24.6 Å². The summed E-state index contributed by atoms with van der Waals surface area (Å²) >= 11 is 0. The van der Waals surface area contributed by atoms with Crippen LogP contribution in [0.15, 0.2) is 24.3 Å². The van der Waals surface area contributed by atoms with Crippen molar-refractivity contribution in [3.8, 4) is 0 Å². The molecule has 17 heavy (non-hydrogen) atoms. The van der Waals surface area contributed by atoms with Gasteiger partial charge in [-0.1, -0.05) is 32.0 Å². The van der Waals surface area contributed by atoms with Gasteiger partial charge in [0.25, 0.3) is 0 Å². The standard InChI is InChI=1S/C15H20N2/c1-11(2)15-12-6-4-5-7-13(12)17-9-8-16(3)10-14(15)17/h4-7,11H,8-10H2,1-3H3. The van der Waals surface area contributed by atoms with Crippen LogP contribution in [0.3, 0.4) is 0 Å². The molecule has 1 aliphatic rings. The van der Waals surface area contributed by atoms with Crippen LogP contribution in [0.2, 0.25) is 0 Å². The zero-order chi connectivity index (χ0) is 12.0. The first-order chi connectivity index (χ1) is 8.18. The minimum atomic E-state index is 0.600. The predicted molar refractivity (Wildman–Crippen MR) is 72.4 cm³/mol. The number of para-hydroxylation sites is 1. The van der Waals surface area contributed by atoms with Gasteiger partial charge in [0.15, 0.2) is 0 Å². The molecule has 0 atom stereocenters. The molecule has 2 heterocycles. The number of likely N-dealkylation sites (N-methyl/N-ethyl adjacent to an activating group) is 1. The Labute approximate surface area is 103 Å². The second-order valence-corrected chi connectivity index (χ2v) is 5.42. The minimum Gasteiger partial charge on any atom is -0.342 e. The summed E-state index contributed by atoms with van der Waals surface area (Å²) < 4.78 is 2.52. The molecule has 0 saturated heterocycles. The number of aromatic nitrogens is 1. The van der Waals surface area contributed by atoms with E-state index < -0.39 is 0 Å². The molecule has 2 aromatic rings. The first-order valence-electron chi connectivity index (χ1n) is 6.47. The van der Waals surface area contributed by atoms with Crippen molar-refractivity contribution >= 4 is 10.9 Å². The van der Waals surface area contributed by atoms with E-state index in [0.29, 0.717) is 5.92 Å². The topological polar surface area (TPSA) is 8.17 Å². The Morgan fingerprint density at radius 3 is 2.65 bits per heavy atom. The van der Waals surface area contributed by atoms with Crippen LogP contribution in [-0.2, 0) is 13.1 Å². The fourth-order valence-corrected chi connectivity index (χ4v) is 3.06. The molecule has 2 heteroatoms. The average Bonchev–Trinajstić information content (AvgIpc) is 2.62. The fraction of sp³-hybridized carbons (Fsp3) is 0.467. The summed E-state index contributed by atoms with van der Waals surface area (Å²) in [7, 11) is 2.21. The van der Waals surface area contributed by atoms with E-state index in [1.54, 1.807) is 5.56 Å². The van der Waals surface area contributed by atoms with Gasteiger partial charge in [-0.25, -0.2) is 0 Å². The second-order valence-electron chi connectivity index (χ2n) is 5.42. The van der Waals surface area contributed by atoms with Gasteiger partial charge in [0.2, 0.25) is 0 Å². The molecule has 2 nitrogen and oxygen atoms in total. The molecule has 0 unspecified atom stereocenters. The van der Waals surface area contributed by atoms with Crippen LogP contribution in [-0.4, -0.2) is 23.1 Å². The molecule has 1 aromatic heterocycles. The van der Waals surface area contributed by atoms with Crippen molar-refractivity contribution in [1.82, 2.24) is 9.47 Å². The highest BCUT2D eigenvalue weighted by Gasteiger charge is 2.22. The maximum Gasteiger partial charge on any atom is 0.0486 e. The van der Waals surface area contributed by atoms with Crippen molar-refractivity contribution in [2.75, 3.05) is 13.6 Å². The Hall–Kier alpha value is -1.28. The van der Waals surface area contributed by atoms with Gasteiger partial charge in [0.1, 0.15) is 0 Å². The van der Waals surface area contributed by atoms with Gasteiger partial charge in [-0.15, -0.1) is 0 Å². The number of hydrogen-bond donors (Lipinski definition) is 0. The summed E-state index contributed by atoms with van der Waals surface area (Å²) in [5, 5.41) is 1.45. The zero-order valence-electron chi connectivity index (χ0n) is 10.9. The maximum atomic E-state index is 2.52. The van der Waals surface area contributed by atoms with Crippen LogP contribution < -0.4 is 0 Å². The fourth-order valence-electron chi connectivity index (χ4n) is 3.06. The monoisotopic (exact) mass is 228 g/mol. The van der Waals surface area contributed by atoms with Crippen LogP contribution in [0, 0.1) is 0 Å². The molecule has 1 aromatic carbocycles. The van der Waals surface area contributed by atoms with E-state index in [-0.39, 0.29) is 0 Å². The summed E-state index contributed by atoms with van der Waals surface area (Å²) in [6.45, 7) is 7.97. The molecule has 0 N–H and O–H groups in total. The van der Waals surface area contributed by atoms with E-state index in [9.17, 15) is 0 Å². The quantitative estimate of drug-likeness (QED) is 0.727. The average molecular weight is 228 g/mol. The van der Waals surface area contributed by atoms with Crippen molar-refractivity contribution in [3.05, 3.63) is 35.5 Å². The molecule has 0 bridgehead atoms. The Balaban J connectivity index is 2.32. The Kier molecular flexibility index (Phi) is 2.48. The lowest BCUT2D eigenvalue weighted by Crippen LogP contribution is -2.30. The van der Waals surface area contributed by atoms with Crippen molar-refractivity contribution in [2.24, 2.45) is 0 Å². The first-order valence-corrected chi connectivity index (χ1v) is 6.47. The maximum absolute atomic E-state index is 2.52. The van der Waals surface area contributed by atoms with Gasteiger partial charge in [-0.2, -0.15) is 0 Å². The highest BCUT2D eigenvalue weighted by molar-refractivity contribution is 5.86. The Bertz CT molecular complexity index is 551. The van der Waals surface area contributed by atoms with Crippen molar-refractivity contribution in [1.29, 1.82) is 0 Å². The summed E-state index contributed by atoms with van der Waals surface area (Å²) in [5.41, 5.74) is 4.49. The largest absolute Gasteiger partial charge is 0.342 e. The van der Waals surface area contributed by atoms with Crippen LogP contribution in [0.1, 0.15) is 31.0 Å². The summed E-state index contributed by atoms with van der Waals surface area (Å²) in [6.07, 6.45) is 0. The second kappa shape index (κ2) is 3.88. The van der Waals surface area contributed by atoms with E-state index in [4.69, 9.17) is 0 Å². The molecule has 0 aliphatic carbocycles. The van der Waals surface area contributed by atoms with Crippen molar-refractivity contribution in [3.63, 3.8) is 0 Å². The third-order valence-electron chi connectivity index (χ3n) is 3.82. The Morgan fingerprint density at radius 2 is 1.88 bits per heavy atom. The number of benzene rings is 1. The highest BCUT2D eigenvalue weighted by Crippen LogP contribution is 2.34. The third kappa shape index (κ3) is 1.59. The van der Waals surface area contributed by atoms with Gasteiger partial charge >= 0.3 is 0 Å². The van der Waals surface area contributed by atoms with Gasteiger partial charge in [0, 0.05) is 36.2 Å². The van der Waals surface area contributed by atoms with Crippen molar-refractivity contribution < 1.29 is 0 Å². The molecule has 0 radical (unpaired) electrons. The molecule has 0 amide bonds. The smallest absolute Gasteiger partial charge is 0.0486 e. The molecular weight excluding hydrogens is 208 g/mol. The van der Waals surface area contributed by atoms with Gasteiger partial charge in [0.05, 0.1) is 0 Å². The first kappa shape index (κ1) is 10.8. The number of fused-ring (bicyclic) bond motifs is 3. The third-order valence-corrected chi connectivity index (χ3v) is 3.82. The number of hydrogen-bond acceptors (Lipinski definition) is 1. The van der Waals surface area contributed by atoms with Gasteiger partial charge < -0.3 is 4.57 Å². The lowest BCUT2D eigenvalue weighted by atomic mass is 9.99. The zero-order valence-corrected chi connectivity index (χ0v) is 10.9. The van der Waals surface area contributed by atoms with Crippen LogP contribution in [0.4, 0.5) is 0 Å². The van der Waals surface area contributed by atoms with E-state index in [0.717, 1.165) is 19.6 Å². The lowest BCUT2D eigenvalue weighted by molar-refractivity contribution is 0.271. The van der Waals surface area contributed by atoms with Crippen LogP contribution >= 0.6 is 0 Å². The van der Waals surface area contributed by atoms with Crippen molar-refractivity contribution in [2.45, 2.75) is 32.9 Å². The predicted octanol–water partition coefficient (Wildman–Crippen LogP) is 3.21. The van der Waals surface area contributed by atoms with E-state index in [1.165, 1.54) is 16.6 Å². The molecule has 0 spiro atoms. The molecule has 90 valence electrons. The van der Waals surface area contributed by atoms with E-state index >= 15 is 0 Å². The minimum absolute atomic E-state index is 0.600. The molecule has 3 rings (SSSR count). The van der Waals surface area contributed by atoms with Gasteiger partial charge in [-0.3, -0.25) is 4.90 Å². The van der Waals surface area contributed by atoms with E-state index in [2.05, 4.69) is 54.6 Å². The summed E-state index contributed by atoms with van der Waals surface area (Å²) in [4.78, 5) is 2.42. The molecular formula is C15H20N2. The van der Waals surface area contributed by atoms with Crippen LogP contribution in [0.25, 0.3) is 10.9 Å². The Morgan fingerprint density at radius 1 is 1.12 bits per heavy atom. The summed E-state index contributed by atoms with van der Waals surface area (Å²) in [5.74, 6) is 0.600. The number of rotatable bonds is 1. The number of nitrogens with zero attached hydrogens (tertiary/aromatic N) is 2. The van der Waals surface area contributed by atoms with E-state index in [1.807, 2.05) is 0 Å². The lowest BCUT2D eigenvalue weighted by Gasteiger charge is -2.26. The molecule has 1 aliphatic heterocycles. The SMILES string of the molecule is CC(C)c1c2n(c3ccccc13)CCN(C)C2. The highest BCUT2D eigenvalue weighted by atomic mass is 15.2. The summed E-state index contributed by atoms with van der Waals surface area (Å²) in [6, 6.07) is 8.84.